The predicted octanol–water partition coefficient (Wildman–Crippen LogP) is -4.71. The molecule has 0 aromatic heterocycles. The normalized spacial score (nSPS) is 17.1. The number of aliphatic hydroxyl groups excluding tert-OH is 1. The third-order valence-electron chi connectivity index (χ3n) is 9.03. The van der Waals surface area contributed by atoms with Gasteiger partial charge in [-0.05, 0) is 85.6 Å². The number of rotatable bonds is 25. The first-order chi connectivity index (χ1) is 27.7. The summed E-state index contributed by atoms with van der Waals surface area (Å²) in [5, 5.41) is 36.7. The molecule has 1 aliphatic rings. The van der Waals surface area contributed by atoms with Crippen molar-refractivity contribution in [1.82, 2.24) is 42.1 Å². The van der Waals surface area contributed by atoms with Crippen LogP contribution in [-0.2, 0) is 43.2 Å². The number of hydrogen-bond donors (Lipinski definition) is 12. The Kier molecular flexibility index (Phi) is 22.7. The van der Waals surface area contributed by atoms with Crippen LogP contribution < -0.4 is 54.4 Å². The zero-order chi connectivity index (χ0) is 44.8. The molecular weight excluding hydrogens is 776 g/mol. The van der Waals surface area contributed by atoms with Gasteiger partial charge in [0, 0.05) is 19.6 Å². The van der Waals surface area contributed by atoms with Crippen LogP contribution in [0.5, 0.6) is 0 Å². The third kappa shape index (κ3) is 18.5. The number of likely N-dealkylation sites (tertiary alicyclic amines) is 1. The minimum absolute atomic E-state index is 0.0145. The SMILES string of the molecule is C/C=C/C(=O)NCCCC[C@H](NC(=O)[C@H](CCCN=C(N)N)NC(=O)[C@H](C)NC(=O)[C@H](C)N)C(=O)N[C@@H](CO)C(=O)N[C@@H](C)C(=O)N1CCC[C@H]1C(=O)N[C@@H](C)C(=O)O. The Morgan fingerprint density at radius 2 is 1.31 bits per heavy atom. The summed E-state index contributed by atoms with van der Waals surface area (Å²) < 4.78 is 0. The maximum atomic E-state index is 13.7. The van der Waals surface area contributed by atoms with Gasteiger partial charge in [-0.15, -0.1) is 0 Å². The van der Waals surface area contributed by atoms with Crippen LogP contribution in [0.25, 0.3) is 0 Å². The third-order valence-corrected chi connectivity index (χ3v) is 9.03. The monoisotopic (exact) mass is 838 g/mol. The summed E-state index contributed by atoms with van der Waals surface area (Å²) in [5.74, 6) is -7.16. The number of aliphatic carboxylic acids is 1. The fourth-order valence-electron chi connectivity index (χ4n) is 5.68. The molecule has 15 N–H and O–H groups in total. The Morgan fingerprint density at radius 3 is 1.86 bits per heavy atom. The average molecular weight is 839 g/mol. The van der Waals surface area contributed by atoms with E-state index < -0.39 is 102 Å². The van der Waals surface area contributed by atoms with Gasteiger partial charge in [0.1, 0.15) is 42.3 Å². The standard InChI is InChI=1S/C36H62N12O11/c1-6-11-27(50)40-15-8-7-12-23(46-30(53)24(13-9-16-41-36(38)39)45-29(52)20(3)42-28(51)19(2)37)31(54)47-25(18-49)32(55)43-21(4)34(57)48-17-10-14-26(48)33(56)44-22(5)35(58)59/h6,11,19-26,49H,7-10,12-18,37H2,1-5H3,(H,40,50)(H,42,51)(H,43,55)(H,44,56)(H,45,52)(H,46,53)(H,47,54)(H,58,59)(H4,38,39,41)/b11-6+/t19-,20-,21-,22-,23-,24-,25-,26-/m0/s1. The molecule has 8 atom stereocenters. The second-order valence-electron chi connectivity index (χ2n) is 14.1. The number of carboxylic acids is 1. The van der Waals surface area contributed by atoms with Gasteiger partial charge in [0.2, 0.25) is 47.3 Å². The quantitative estimate of drug-likeness (QED) is 0.0178. The van der Waals surface area contributed by atoms with Crippen LogP contribution in [0.1, 0.15) is 79.6 Å². The predicted molar refractivity (Wildman–Crippen MR) is 213 cm³/mol. The summed E-state index contributed by atoms with van der Waals surface area (Å²) in [6.45, 7) is 6.65. The van der Waals surface area contributed by atoms with E-state index in [4.69, 9.17) is 22.3 Å². The fraction of sp³-hybridized carbons (Fsp3) is 0.667. The number of carbonyl (C=O) groups excluding carboxylic acids is 8. The van der Waals surface area contributed by atoms with Crippen LogP contribution in [0.4, 0.5) is 0 Å². The van der Waals surface area contributed by atoms with Crippen molar-refractivity contribution in [3.63, 3.8) is 0 Å². The van der Waals surface area contributed by atoms with Crippen LogP contribution >= 0.6 is 0 Å². The average Bonchev–Trinajstić information content (AvgIpc) is 3.67. The molecule has 0 aromatic rings. The molecule has 1 saturated heterocycles. The minimum Gasteiger partial charge on any atom is -0.480 e. The van der Waals surface area contributed by atoms with E-state index in [-0.39, 0.29) is 63.6 Å². The van der Waals surface area contributed by atoms with Crippen LogP contribution in [0.15, 0.2) is 17.1 Å². The highest BCUT2D eigenvalue weighted by Crippen LogP contribution is 2.19. The topological polar surface area (TPSA) is 372 Å². The lowest BCUT2D eigenvalue weighted by Crippen LogP contribution is -2.60. The van der Waals surface area contributed by atoms with Gasteiger partial charge in [0.15, 0.2) is 5.96 Å². The summed E-state index contributed by atoms with van der Waals surface area (Å²) >= 11 is 0. The summed E-state index contributed by atoms with van der Waals surface area (Å²) in [7, 11) is 0. The molecule has 0 unspecified atom stereocenters. The van der Waals surface area contributed by atoms with E-state index >= 15 is 0 Å². The number of nitrogens with two attached hydrogens (primary N) is 3. The number of aliphatic imine (C=N–C) groups is 1. The molecule has 23 nitrogen and oxygen atoms in total. The maximum Gasteiger partial charge on any atom is 0.325 e. The summed E-state index contributed by atoms with van der Waals surface area (Å²) in [4.78, 5) is 120. The van der Waals surface area contributed by atoms with E-state index in [9.17, 15) is 48.3 Å². The minimum atomic E-state index is -1.61. The lowest BCUT2D eigenvalue weighted by atomic mass is 10.1. The van der Waals surface area contributed by atoms with Crippen molar-refractivity contribution < 1.29 is 53.4 Å². The summed E-state index contributed by atoms with van der Waals surface area (Å²) in [6.07, 6.45) is 4.40. The van der Waals surface area contributed by atoms with Gasteiger partial charge >= 0.3 is 5.97 Å². The molecule has 0 spiro atoms. The molecule has 23 heteroatoms. The highest BCUT2D eigenvalue weighted by atomic mass is 16.4. The molecule has 0 bridgehead atoms. The van der Waals surface area contributed by atoms with Gasteiger partial charge in [-0.2, -0.15) is 0 Å². The lowest BCUT2D eigenvalue weighted by molar-refractivity contribution is -0.144. The van der Waals surface area contributed by atoms with Gasteiger partial charge in [-0.1, -0.05) is 6.08 Å². The van der Waals surface area contributed by atoms with E-state index in [1.165, 1.54) is 38.7 Å². The first-order valence-corrected chi connectivity index (χ1v) is 19.4. The Bertz CT molecular complexity index is 1550. The number of nitrogens with one attached hydrogen (secondary N) is 7. The van der Waals surface area contributed by atoms with E-state index in [0.29, 0.717) is 12.8 Å². The Balaban J connectivity index is 3.20. The zero-order valence-corrected chi connectivity index (χ0v) is 34.2. The van der Waals surface area contributed by atoms with Crippen molar-refractivity contribution in [2.45, 2.75) is 128 Å². The van der Waals surface area contributed by atoms with Crippen LogP contribution in [0, 0.1) is 0 Å². The molecule has 8 amide bonds. The van der Waals surface area contributed by atoms with Crippen LogP contribution in [-0.4, -0.2) is 149 Å². The van der Waals surface area contributed by atoms with Crippen LogP contribution in [0.3, 0.4) is 0 Å². The Hall–Kier alpha value is -5.84. The van der Waals surface area contributed by atoms with Gasteiger partial charge in [-0.3, -0.25) is 48.1 Å². The Labute approximate surface area is 342 Å². The highest BCUT2D eigenvalue weighted by Gasteiger charge is 2.38. The van der Waals surface area contributed by atoms with Crippen molar-refractivity contribution in [3.8, 4) is 0 Å². The highest BCUT2D eigenvalue weighted by molar-refractivity contribution is 5.97. The van der Waals surface area contributed by atoms with E-state index in [1.54, 1.807) is 13.0 Å². The van der Waals surface area contributed by atoms with Crippen molar-refractivity contribution in [1.29, 1.82) is 0 Å². The number of aliphatic hydroxyl groups is 1. The Morgan fingerprint density at radius 1 is 0.746 bits per heavy atom. The van der Waals surface area contributed by atoms with E-state index in [1.807, 2.05) is 0 Å². The molecule has 0 aliphatic carbocycles. The smallest absolute Gasteiger partial charge is 0.325 e. The van der Waals surface area contributed by atoms with Gasteiger partial charge in [0.05, 0.1) is 12.6 Å². The summed E-state index contributed by atoms with van der Waals surface area (Å²) in [6, 6.07) is -9.67. The fourth-order valence-corrected chi connectivity index (χ4v) is 5.68. The van der Waals surface area contributed by atoms with Crippen molar-refractivity contribution in [2.24, 2.45) is 22.2 Å². The number of nitrogens with zero attached hydrogens (tertiary/aromatic N) is 2. The molecule has 332 valence electrons. The molecule has 0 aromatic carbocycles. The van der Waals surface area contributed by atoms with Gasteiger partial charge < -0.3 is 69.5 Å². The zero-order valence-electron chi connectivity index (χ0n) is 34.2. The first-order valence-electron chi connectivity index (χ1n) is 19.4. The number of guanidine groups is 1. The molecule has 0 radical (unpaired) electrons. The molecule has 0 saturated carbocycles. The number of unbranched alkanes of at least 4 members (excludes halogenated alkanes) is 1. The van der Waals surface area contributed by atoms with E-state index in [2.05, 4.69) is 42.2 Å². The number of allylic oxidation sites excluding steroid dienone is 1. The number of amides is 8. The molecule has 59 heavy (non-hydrogen) atoms. The molecule has 1 rings (SSSR count). The second-order valence-corrected chi connectivity index (χ2v) is 14.1. The molecule has 1 fully saturated rings. The largest absolute Gasteiger partial charge is 0.480 e. The summed E-state index contributed by atoms with van der Waals surface area (Å²) in [5.41, 5.74) is 16.4. The molecule has 1 heterocycles. The second kappa shape index (κ2) is 26.2. The van der Waals surface area contributed by atoms with Gasteiger partial charge in [-0.25, -0.2) is 0 Å². The number of carbonyl (C=O) groups is 9. The molecular formula is C36H62N12O11. The maximum absolute atomic E-state index is 13.7. The number of carboxylic acid groups (broad SMARTS) is 1. The number of hydrogen-bond acceptors (Lipinski definition) is 12. The van der Waals surface area contributed by atoms with Crippen molar-refractivity contribution >= 4 is 59.2 Å². The van der Waals surface area contributed by atoms with Crippen LogP contribution in [0.2, 0.25) is 0 Å². The van der Waals surface area contributed by atoms with Gasteiger partial charge in [0.25, 0.3) is 0 Å². The molecule has 1 aliphatic heterocycles. The van der Waals surface area contributed by atoms with Crippen molar-refractivity contribution in [3.05, 3.63) is 12.2 Å². The lowest BCUT2D eigenvalue weighted by Gasteiger charge is -2.29. The van der Waals surface area contributed by atoms with Crippen molar-refractivity contribution in [2.75, 3.05) is 26.2 Å². The van der Waals surface area contributed by atoms with E-state index in [0.717, 1.165) is 0 Å². The first kappa shape index (κ1) is 51.2.